The molecule has 0 unspecified atom stereocenters. The van der Waals surface area contributed by atoms with E-state index in [1.807, 2.05) is 0 Å². The average molecular weight is 587 g/mol. The maximum absolute atomic E-state index is 14.0. The lowest BCUT2D eigenvalue weighted by Crippen LogP contribution is -2.56. The Kier molecular flexibility index (Phi) is 7.60. The molecule has 0 bridgehead atoms. The molecule has 41 heavy (non-hydrogen) atoms. The van der Waals surface area contributed by atoms with Crippen LogP contribution in [0.3, 0.4) is 0 Å². The van der Waals surface area contributed by atoms with Gasteiger partial charge in [0.25, 0.3) is 17.7 Å². The Morgan fingerprint density at radius 3 is 2.46 bits per heavy atom. The molecule has 6 rings (SSSR count). The van der Waals surface area contributed by atoms with E-state index in [4.69, 9.17) is 4.74 Å². The molecule has 4 saturated heterocycles. The summed E-state index contributed by atoms with van der Waals surface area (Å²) in [7, 11) is 0. The first-order valence-electron chi connectivity index (χ1n) is 14.3. The van der Waals surface area contributed by atoms with Crippen LogP contribution in [-0.4, -0.2) is 109 Å². The molecule has 5 heterocycles. The number of nitrogens with zero attached hydrogens (tertiary/aromatic N) is 4. The van der Waals surface area contributed by atoms with E-state index >= 15 is 0 Å². The standard InChI is InChI=1S/C28H35FN6O5S/c1-2-30-27(39)31-23-22(20-5-4-18(29)16-21(20)41-23)24(36)32-10-6-19(7-11-32)33-9-3-8-28(17-33)25(37)34-12-14-40-15-13-35(34)26(28)38/h4-5,16,19H,2-3,6-15,17H2,1H3,(H2,30,31,39). The van der Waals surface area contributed by atoms with E-state index in [9.17, 15) is 23.6 Å². The normalized spacial score (nSPS) is 21.9. The highest BCUT2D eigenvalue weighted by Crippen LogP contribution is 2.42. The number of carbonyl (C=O) groups excluding carboxylic acids is 4. The van der Waals surface area contributed by atoms with Gasteiger partial charge in [0.1, 0.15) is 16.2 Å². The molecule has 5 amide bonds. The second-order valence-electron chi connectivity index (χ2n) is 11.1. The highest BCUT2D eigenvalue weighted by molar-refractivity contribution is 7.23. The van der Waals surface area contributed by atoms with Crippen molar-refractivity contribution in [3.05, 3.63) is 29.6 Å². The summed E-state index contributed by atoms with van der Waals surface area (Å²) in [6.07, 6.45) is 2.74. The molecule has 0 atom stereocenters. The number of benzene rings is 1. The summed E-state index contributed by atoms with van der Waals surface area (Å²) >= 11 is 1.18. The minimum absolute atomic E-state index is 0.113. The molecule has 1 spiro atoms. The van der Waals surface area contributed by atoms with Crippen molar-refractivity contribution in [2.45, 2.75) is 38.6 Å². The molecule has 2 N–H and O–H groups in total. The van der Waals surface area contributed by atoms with E-state index in [0.717, 1.165) is 13.0 Å². The number of anilines is 1. The SMILES string of the molecule is CCNC(=O)Nc1sc2cc(F)ccc2c1C(=O)N1CCC(N2CCCC3(C2)C(=O)N2CCOCCN2C3=O)CC1. The Morgan fingerprint density at radius 2 is 1.78 bits per heavy atom. The summed E-state index contributed by atoms with van der Waals surface area (Å²) in [5, 5.41) is 9.63. The number of hydrogen-bond donors (Lipinski definition) is 2. The molecular formula is C28H35FN6O5S. The van der Waals surface area contributed by atoms with Crippen LogP contribution in [-0.2, 0) is 14.3 Å². The Hall–Kier alpha value is -3.29. The number of rotatable bonds is 4. The third-order valence-corrected chi connectivity index (χ3v) is 9.76. The number of urea groups is 1. The van der Waals surface area contributed by atoms with Gasteiger partial charge in [-0.3, -0.25) is 24.6 Å². The van der Waals surface area contributed by atoms with Gasteiger partial charge in [0.2, 0.25) is 0 Å². The van der Waals surface area contributed by atoms with E-state index < -0.39 is 17.3 Å². The number of piperidine rings is 2. The third kappa shape index (κ3) is 4.93. The van der Waals surface area contributed by atoms with Crippen LogP contribution in [0.4, 0.5) is 14.2 Å². The third-order valence-electron chi connectivity index (χ3n) is 8.69. The molecule has 1 aromatic heterocycles. The average Bonchev–Trinajstić information content (AvgIpc) is 3.25. The van der Waals surface area contributed by atoms with E-state index in [-0.39, 0.29) is 23.8 Å². The van der Waals surface area contributed by atoms with Crippen molar-refractivity contribution in [3.63, 3.8) is 0 Å². The number of hydrogen-bond acceptors (Lipinski definition) is 7. The molecule has 4 fully saturated rings. The Morgan fingerprint density at radius 1 is 1.07 bits per heavy atom. The number of nitrogens with one attached hydrogen (secondary N) is 2. The zero-order chi connectivity index (χ0) is 28.7. The molecule has 0 saturated carbocycles. The molecule has 2 aromatic rings. The fraction of sp³-hybridized carbons (Fsp3) is 0.571. The fourth-order valence-electron chi connectivity index (χ4n) is 6.67. The number of carbonyl (C=O) groups is 4. The summed E-state index contributed by atoms with van der Waals surface area (Å²) in [6, 6.07) is 4.02. The van der Waals surface area contributed by atoms with Gasteiger partial charge in [0, 0.05) is 42.3 Å². The van der Waals surface area contributed by atoms with Crippen LogP contribution in [0.1, 0.15) is 43.0 Å². The van der Waals surface area contributed by atoms with Crippen molar-refractivity contribution in [2.24, 2.45) is 5.41 Å². The van der Waals surface area contributed by atoms with Crippen LogP contribution in [0.2, 0.25) is 0 Å². The maximum Gasteiger partial charge on any atom is 0.319 e. The molecule has 4 aliphatic heterocycles. The van der Waals surface area contributed by atoms with Crippen molar-refractivity contribution in [1.29, 1.82) is 0 Å². The van der Waals surface area contributed by atoms with Crippen LogP contribution in [0.15, 0.2) is 18.2 Å². The summed E-state index contributed by atoms with van der Waals surface area (Å²) < 4.78 is 20.0. The largest absolute Gasteiger partial charge is 0.378 e. The van der Waals surface area contributed by atoms with Gasteiger partial charge < -0.3 is 15.0 Å². The molecule has 11 nitrogen and oxygen atoms in total. The number of thiophene rings is 1. The zero-order valence-electron chi connectivity index (χ0n) is 23.1. The second kappa shape index (κ2) is 11.2. The highest BCUT2D eigenvalue weighted by Gasteiger charge is 2.60. The Labute approximate surface area is 241 Å². The monoisotopic (exact) mass is 586 g/mol. The van der Waals surface area contributed by atoms with Gasteiger partial charge in [0.05, 0.1) is 31.9 Å². The van der Waals surface area contributed by atoms with Crippen molar-refractivity contribution >= 4 is 50.2 Å². The lowest BCUT2D eigenvalue weighted by molar-refractivity contribution is -0.145. The summed E-state index contributed by atoms with van der Waals surface area (Å²) in [6.45, 7) is 6.10. The molecule has 4 aliphatic rings. The van der Waals surface area contributed by atoms with Crippen molar-refractivity contribution in [2.75, 3.05) is 64.3 Å². The molecule has 0 aliphatic carbocycles. The van der Waals surface area contributed by atoms with Gasteiger partial charge >= 0.3 is 6.03 Å². The molecule has 220 valence electrons. The van der Waals surface area contributed by atoms with Gasteiger partial charge in [0.15, 0.2) is 0 Å². The van der Waals surface area contributed by atoms with Crippen LogP contribution in [0, 0.1) is 11.2 Å². The number of fused-ring (bicyclic) bond motifs is 2. The Bertz CT molecular complexity index is 1350. The minimum atomic E-state index is -1.03. The number of amides is 5. The topological polar surface area (TPSA) is 115 Å². The summed E-state index contributed by atoms with van der Waals surface area (Å²) in [5.41, 5.74) is -0.660. The van der Waals surface area contributed by atoms with Gasteiger partial charge in [-0.1, -0.05) is 0 Å². The maximum atomic E-state index is 14.0. The van der Waals surface area contributed by atoms with Gasteiger partial charge in [-0.15, -0.1) is 11.3 Å². The number of hydrazine groups is 1. The minimum Gasteiger partial charge on any atom is -0.378 e. The van der Waals surface area contributed by atoms with Crippen molar-refractivity contribution in [1.82, 2.24) is 25.1 Å². The summed E-state index contributed by atoms with van der Waals surface area (Å²) in [5.74, 6) is -0.831. The van der Waals surface area contributed by atoms with Crippen LogP contribution in [0.25, 0.3) is 10.1 Å². The summed E-state index contributed by atoms with van der Waals surface area (Å²) in [4.78, 5) is 57.2. The molecule has 13 heteroatoms. The predicted molar refractivity (Wildman–Crippen MR) is 151 cm³/mol. The van der Waals surface area contributed by atoms with E-state index in [1.165, 1.54) is 23.5 Å². The number of ether oxygens (including phenoxy) is 1. The van der Waals surface area contributed by atoms with Gasteiger partial charge in [-0.05, 0) is 57.4 Å². The first-order valence-corrected chi connectivity index (χ1v) is 15.2. The van der Waals surface area contributed by atoms with Crippen LogP contribution in [0.5, 0.6) is 0 Å². The first-order chi connectivity index (χ1) is 19.8. The van der Waals surface area contributed by atoms with Crippen LogP contribution < -0.4 is 10.6 Å². The van der Waals surface area contributed by atoms with E-state index in [0.29, 0.717) is 92.4 Å². The van der Waals surface area contributed by atoms with Crippen molar-refractivity contribution in [3.8, 4) is 0 Å². The molecule has 0 radical (unpaired) electrons. The fourth-order valence-corrected chi connectivity index (χ4v) is 7.79. The number of likely N-dealkylation sites (tertiary alicyclic amines) is 2. The molecule has 1 aromatic carbocycles. The Balaban J connectivity index is 1.16. The van der Waals surface area contributed by atoms with E-state index in [2.05, 4.69) is 15.5 Å². The molecular weight excluding hydrogens is 551 g/mol. The van der Waals surface area contributed by atoms with Crippen LogP contribution >= 0.6 is 11.3 Å². The number of halogens is 1. The highest BCUT2D eigenvalue weighted by atomic mass is 32.1. The van der Waals surface area contributed by atoms with Gasteiger partial charge in [-0.2, -0.15) is 0 Å². The second-order valence-corrected chi connectivity index (χ2v) is 12.1. The smallest absolute Gasteiger partial charge is 0.319 e. The lowest BCUT2D eigenvalue weighted by Gasteiger charge is -2.44. The first kappa shape index (κ1) is 27.9. The van der Waals surface area contributed by atoms with E-state index in [1.54, 1.807) is 27.9 Å². The van der Waals surface area contributed by atoms with Gasteiger partial charge in [-0.25, -0.2) is 19.2 Å². The quantitative estimate of drug-likeness (QED) is 0.533. The zero-order valence-corrected chi connectivity index (χ0v) is 23.9. The van der Waals surface area contributed by atoms with Crippen molar-refractivity contribution < 1.29 is 28.3 Å². The lowest BCUT2D eigenvalue weighted by atomic mass is 9.78. The predicted octanol–water partition coefficient (Wildman–Crippen LogP) is 2.48.